The third-order valence-corrected chi connectivity index (χ3v) is 7.45. The predicted molar refractivity (Wildman–Crippen MR) is 115 cm³/mol. The molecule has 3 saturated heterocycles. The summed E-state index contributed by atoms with van der Waals surface area (Å²) < 4.78 is 11.5. The molecule has 0 amide bonds. The number of hydrogen-bond acceptors (Lipinski definition) is 9. The summed E-state index contributed by atoms with van der Waals surface area (Å²) in [6.07, 6.45) is 4.13. The van der Waals surface area contributed by atoms with Crippen molar-refractivity contribution in [3.05, 3.63) is 34.8 Å². The first-order valence-electron chi connectivity index (χ1n) is 10.6. The fourth-order valence-corrected chi connectivity index (χ4v) is 5.66. The van der Waals surface area contributed by atoms with Crippen molar-refractivity contribution in [3.8, 4) is 0 Å². The van der Waals surface area contributed by atoms with Gasteiger partial charge in [-0.15, -0.1) is 21.5 Å². The zero-order valence-corrected chi connectivity index (χ0v) is 17.6. The van der Waals surface area contributed by atoms with E-state index in [-0.39, 0.29) is 5.60 Å². The second-order valence-electron chi connectivity index (χ2n) is 8.21. The van der Waals surface area contributed by atoms with E-state index in [2.05, 4.69) is 48.4 Å². The maximum absolute atomic E-state index is 5.99. The Morgan fingerprint density at radius 1 is 1.10 bits per heavy atom. The zero-order valence-electron chi connectivity index (χ0n) is 16.7. The van der Waals surface area contributed by atoms with E-state index in [4.69, 9.17) is 9.47 Å². The van der Waals surface area contributed by atoms with Crippen molar-refractivity contribution in [1.82, 2.24) is 20.4 Å². The lowest BCUT2D eigenvalue weighted by Crippen LogP contribution is -2.41. The van der Waals surface area contributed by atoms with Crippen molar-refractivity contribution in [2.24, 2.45) is 5.92 Å². The molecule has 9 heteroatoms. The first kappa shape index (κ1) is 18.4. The van der Waals surface area contributed by atoms with Gasteiger partial charge in [-0.2, -0.15) is 0 Å². The van der Waals surface area contributed by atoms with Gasteiger partial charge in [0.25, 0.3) is 0 Å². The number of aromatic nitrogens is 4. The minimum atomic E-state index is -0.202. The molecule has 0 aliphatic carbocycles. The molecule has 2 atom stereocenters. The lowest BCUT2D eigenvalue weighted by atomic mass is 9.85. The Balaban J connectivity index is 1.29. The number of anilines is 2. The standard InChI is InChI=1S/C21H24N6O2S/c1-2-15(21(14-29-21)20-22-5-11-30-20)13-27(6-1)19-17-4-3-16(12-18(17)23-25-24-19)26-7-9-28-10-8-26/h3-5,11-12,15H,1-2,6-10,13-14H2. The SMILES string of the molecule is c1csc(C2(C3CCCN(c4nnnc5cc(N6CCOCC6)ccc45)C3)CO2)n1. The van der Waals surface area contributed by atoms with Gasteiger partial charge in [-0.05, 0) is 36.3 Å². The summed E-state index contributed by atoms with van der Waals surface area (Å²) in [5.41, 5.74) is 1.86. The van der Waals surface area contributed by atoms with E-state index in [1.165, 1.54) is 5.69 Å². The third kappa shape index (κ3) is 3.12. The molecule has 6 rings (SSSR count). The molecule has 5 heterocycles. The van der Waals surface area contributed by atoms with Crippen LogP contribution in [-0.4, -0.2) is 66.4 Å². The van der Waals surface area contributed by atoms with Crippen LogP contribution in [0, 0.1) is 5.92 Å². The van der Waals surface area contributed by atoms with E-state index in [9.17, 15) is 0 Å². The number of thiazole rings is 1. The first-order valence-corrected chi connectivity index (χ1v) is 11.5. The number of epoxide rings is 1. The van der Waals surface area contributed by atoms with Crippen LogP contribution in [0.2, 0.25) is 0 Å². The Bertz CT molecular complexity index is 1040. The van der Waals surface area contributed by atoms with Gasteiger partial charge in [0, 0.05) is 54.7 Å². The van der Waals surface area contributed by atoms with E-state index in [0.29, 0.717) is 5.92 Å². The topological polar surface area (TPSA) is 79.8 Å². The van der Waals surface area contributed by atoms with Crippen molar-refractivity contribution in [2.75, 3.05) is 55.8 Å². The molecule has 3 aromatic rings. The fraction of sp³-hybridized carbons (Fsp3) is 0.524. The van der Waals surface area contributed by atoms with Gasteiger partial charge < -0.3 is 19.3 Å². The number of rotatable bonds is 4. The molecule has 30 heavy (non-hydrogen) atoms. The van der Waals surface area contributed by atoms with Crippen LogP contribution in [-0.2, 0) is 15.1 Å². The predicted octanol–water partition coefficient (Wildman–Crippen LogP) is 2.46. The number of nitrogens with zero attached hydrogens (tertiary/aromatic N) is 6. The second kappa shape index (κ2) is 7.40. The van der Waals surface area contributed by atoms with Crippen molar-refractivity contribution in [1.29, 1.82) is 0 Å². The molecule has 8 nitrogen and oxygen atoms in total. The largest absolute Gasteiger partial charge is 0.378 e. The Labute approximate surface area is 178 Å². The third-order valence-electron chi connectivity index (χ3n) is 6.52. The van der Waals surface area contributed by atoms with Crippen molar-refractivity contribution in [2.45, 2.75) is 18.4 Å². The van der Waals surface area contributed by atoms with Crippen LogP contribution in [0.25, 0.3) is 10.9 Å². The summed E-state index contributed by atoms with van der Waals surface area (Å²) in [6.45, 7) is 5.99. The van der Waals surface area contributed by atoms with E-state index >= 15 is 0 Å². The minimum absolute atomic E-state index is 0.202. The number of piperidine rings is 1. The molecule has 156 valence electrons. The molecular formula is C21H24N6O2S. The van der Waals surface area contributed by atoms with Gasteiger partial charge >= 0.3 is 0 Å². The van der Waals surface area contributed by atoms with Crippen LogP contribution >= 0.6 is 11.3 Å². The molecule has 0 radical (unpaired) electrons. The van der Waals surface area contributed by atoms with Gasteiger partial charge in [-0.3, -0.25) is 0 Å². The normalized spacial score (nSPS) is 26.9. The molecule has 2 aromatic heterocycles. The molecule has 3 aliphatic heterocycles. The number of fused-ring (bicyclic) bond motifs is 1. The molecule has 3 fully saturated rings. The van der Waals surface area contributed by atoms with Gasteiger partial charge in [-0.1, -0.05) is 0 Å². The van der Waals surface area contributed by atoms with Crippen molar-refractivity contribution >= 4 is 33.7 Å². The number of hydrogen-bond donors (Lipinski definition) is 0. The van der Waals surface area contributed by atoms with Crippen LogP contribution < -0.4 is 9.80 Å². The van der Waals surface area contributed by atoms with Crippen LogP contribution in [0.5, 0.6) is 0 Å². The second-order valence-corrected chi connectivity index (χ2v) is 9.11. The average Bonchev–Trinajstić information content (AvgIpc) is 3.44. The average molecular weight is 425 g/mol. The fourth-order valence-electron chi connectivity index (χ4n) is 4.80. The molecule has 0 bridgehead atoms. The highest BCUT2D eigenvalue weighted by Crippen LogP contribution is 2.49. The highest BCUT2D eigenvalue weighted by molar-refractivity contribution is 7.09. The smallest absolute Gasteiger partial charge is 0.162 e. The van der Waals surface area contributed by atoms with Gasteiger partial charge in [0.2, 0.25) is 0 Å². The summed E-state index contributed by atoms with van der Waals surface area (Å²) in [6, 6.07) is 6.44. The molecule has 0 saturated carbocycles. The molecule has 0 N–H and O–H groups in total. The van der Waals surface area contributed by atoms with Crippen LogP contribution in [0.15, 0.2) is 29.8 Å². The molecular weight excluding hydrogens is 400 g/mol. The first-order chi connectivity index (χ1) is 14.8. The van der Waals surface area contributed by atoms with Crippen LogP contribution in [0.4, 0.5) is 11.5 Å². The number of ether oxygens (including phenoxy) is 2. The monoisotopic (exact) mass is 424 g/mol. The number of morpholine rings is 1. The molecule has 3 aliphatic rings. The molecule has 0 spiro atoms. The lowest BCUT2D eigenvalue weighted by Gasteiger charge is -2.36. The number of benzene rings is 1. The summed E-state index contributed by atoms with van der Waals surface area (Å²) >= 11 is 1.69. The lowest BCUT2D eigenvalue weighted by molar-refractivity contribution is 0.122. The van der Waals surface area contributed by atoms with Gasteiger partial charge in [-0.25, -0.2) is 4.98 Å². The van der Waals surface area contributed by atoms with E-state index in [0.717, 1.165) is 80.6 Å². The van der Waals surface area contributed by atoms with Gasteiger partial charge in [0.15, 0.2) is 5.82 Å². The van der Waals surface area contributed by atoms with Crippen LogP contribution in [0.1, 0.15) is 17.8 Å². The van der Waals surface area contributed by atoms with Crippen molar-refractivity contribution < 1.29 is 9.47 Å². The Morgan fingerprint density at radius 3 is 2.80 bits per heavy atom. The minimum Gasteiger partial charge on any atom is -0.378 e. The Hall–Kier alpha value is -2.36. The summed E-state index contributed by atoms with van der Waals surface area (Å²) in [7, 11) is 0. The maximum atomic E-state index is 5.99. The highest BCUT2D eigenvalue weighted by atomic mass is 32.1. The zero-order chi connectivity index (χ0) is 20.0. The maximum Gasteiger partial charge on any atom is 0.162 e. The Morgan fingerprint density at radius 2 is 2.00 bits per heavy atom. The summed E-state index contributed by atoms with van der Waals surface area (Å²) in [5.74, 6) is 1.34. The molecule has 1 aromatic carbocycles. The summed E-state index contributed by atoms with van der Waals surface area (Å²) in [4.78, 5) is 9.25. The van der Waals surface area contributed by atoms with Crippen molar-refractivity contribution in [3.63, 3.8) is 0 Å². The van der Waals surface area contributed by atoms with E-state index in [1.54, 1.807) is 11.3 Å². The van der Waals surface area contributed by atoms with E-state index < -0.39 is 0 Å². The van der Waals surface area contributed by atoms with E-state index in [1.807, 2.05) is 11.6 Å². The molecule has 2 unspecified atom stereocenters. The van der Waals surface area contributed by atoms with Crippen LogP contribution in [0.3, 0.4) is 0 Å². The quantitative estimate of drug-likeness (QED) is 0.591. The van der Waals surface area contributed by atoms with Gasteiger partial charge in [0.05, 0.1) is 19.8 Å². The Kier molecular flexibility index (Phi) is 4.54. The summed E-state index contributed by atoms with van der Waals surface area (Å²) in [5, 5.41) is 17.1. The van der Waals surface area contributed by atoms with Gasteiger partial charge in [0.1, 0.15) is 16.1 Å². The highest BCUT2D eigenvalue weighted by Gasteiger charge is 2.55.